The number of para-hydroxylation sites is 1. The summed E-state index contributed by atoms with van der Waals surface area (Å²) in [5.41, 5.74) is 7.79. The highest BCUT2D eigenvalue weighted by atomic mass is 19.1. The average molecular weight is 454 g/mol. The monoisotopic (exact) mass is 453 g/mol. The Labute approximate surface area is 199 Å². The van der Waals surface area contributed by atoms with E-state index in [2.05, 4.69) is 36.9 Å². The van der Waals surface area contributed by atoms with Crippen LogP contribution in [0.2, 0.25) is 0 Å². The van der Waals surface area contributed by atoms with E-state index in [4.69, 9.17) is 4.98 Å². The highest BCUT2D eigenvalue weighted by Gasteiger charge is 2.25. The number of fused-ring (bicyclic) bond motifs is 1. The Hall–Kier alpha value is -3.73. The second kappa shape index (κ2) is 8.90. The van der Waals surface area contributed by atoms with E-state index in [0.717, 1.165) is 44.5 Å². The second-order valence-electron chi connectivity index (χ2n) is 9.10. The number of amides is 1. The van der Waals surface area contributed by atoms with Crippen LogP contribution in [0.15, 0.2) is 66.7 Å². The highest BCUT2D eigenvalue weighted by molar-refractivity contribution is 6.08. The lowest BCUT2D eigenvalue weighted by atomic mass is 9.97. The largest absolute Gasteiger partial charge is 0.368 e. The van der Waals surface area contributed by atoms with Crippen molar-refractivity contribution in [2.24, 2.45) is 0 Å². The zero-order chi connectivity index (χ0) is 23.8. The van der Waals surface area contributed by atoms with E-state index in [-0.39, 0.29) is 11.7 Å². The van der Waals surface area contributed by atoms with Crippen LogP contribution in [0.3, 0.4) is 0 Å². The van der Waals surface area contributed by atoms with Crippen molar-refractivity contribution in [3.63, 3.8) is 0 Å². The van der Waals surface area contributed by atoms with Gasteiger partial charge in [-0.1, -0.05) is 35.9 Å². The molecule has 1 aromatic heterocycles. The van der Waals surface area contributed by atoms with Crippen molar-refractivity contribution in [3.8, 4) is 11.3 Å². The number of aryl methyl sites for hydroxylation is 3. The van der Waals surface area contributed by atoms with Crippen LogP contribution in [0, 0.1) is 26.6 Å². The maximum Gasteiger partial charge on any atom is 0.254 e. The quantitative estimate of drug-likeness (QED) is 0.386. The molecule has 1 aliphatic rings. The molecule has 1 saturated heterocycles. The SMILES string of the molecule is Cc1ccc(C)c(-c2cc(C(=O)N3CCN(c4ccc(F)cc4)CC3)c3cccc(C)c3n2)c1. The number of pyridine rings is 1. The van der Waals surface area contributed by atoms with Crippen molar-refractivity contribution in [1.29, 1.82) is 0 Å². The molecule has 0 unspecified atom stereocenters. The first-order valence-corrected chi connectivity index (χ1v) is 11.7. The third-order valence-corrected chi connectivity index (χ3v) is 6.70. The van der Waals surface area contributed by atoms with E-state index < -0.39 is 0 Å². The van der Waals surface area contributed by atoms with Crippen LogP contribution in [-0.2, 0) is 0 Å². The van der Waals surface area contributed by atoms with Crippen molar-refractivity contribution in [2.75, 3.05) is 31.1 Å². The fourth-order valence-electron chi connectivity index (χ4n) is 4.71. The smallest absolute Gasteiger partial charge is 0.254 e. The van der Waals surface area contributed by atoms with Gasteiger partial charge in [0.2, 0.25) is 0 Å². The molecule has 0 atom stereocenters. The number of carbonyl (C=O) groups excluding carboxylic acids is 1. The first-order chi connectivity index (χ1) is 16.4. The predicted molar refractivity (Wildman–Crippen MR) is 136 cm³/mol. The first kappa shape index (κ1) is 22.1. The summed E-state index contributed by atoms with van der Waals surface area (Å²) in [5, 5.41) is 0.889. The molecule has 5 heteroatoms. The number of hydrogen-bond donors (Lipinski definition) is 0. The minimum atomic E-state index is -0.239. The van der Waals surface area contributed by atoms with Gasteiger partial charge in [0.25, 0.3) is 5.91 Å². The lowest BCUT2D eigenvalue weighted by Crippen LogP contribution is -2.48. The Morgan fingerprint density at radius 3 is 2.32 bits per heavy atom. The first-order valence-electron chi connectivity index (χ1n) is 11.7. The third-order valence-electron chi connectivity index (χ3n) is 6.70. The van der Waals surface area contributed by atoms with Gasteiger partial charge in [0.1, 0.15) is 5.82 Å². The Bertz CT molecular complexity index is 1370. The fraction of sp³-hybridized carbons (Fsp3) is 0.241. The van der Waals surface area contributed by atoms with Crippen LogP contribution >= 0.6 is 0 Å². The van der Waals surface area contributed by atoms with Gasteiger partial charge in [-0.3, -0.25) is 4.79 Å². The van der Waals surface area contributed by atoms with Crippen LogP contribution in [0.4, 0.5) is 10.1 Å². The molecule has 0 radical (unpaired) electrons. The van der Waals surface area contributed by atoms with E-state index in [0.29, 0.717) is 31.7 Å². The highest BCUT2D eigenvalue weighted by Crippen LogP contribution is 2.30. The molecule has 0 spiro atoms. The lowest BCUT2D eigenvalue weighted by molar-refractivity contribution is 0.0748. The summed E-state index contributed by atoms with van der Waals surface area (Å²) in [6.45, 7) is 8.84. The predicted octanol–water partition coefficient (Wildman–Crippen LogP) is 5.93. The molecule has 0 bridgehead atoms. The molecule has 1 amide bonds. The molecule has 3 aromatic carbocycles. The van der Waals surface area contributed by atoms with Gasteiger partial charge in [0, 0.05) is 42.8 Å². The Balaban J connectivity index is 1.49. The Morgan fingerprint density at radius 1 is 0.853 bits per heavy atom. The summed E-state index contributed by atoms with van der Waals surface area (Å²) in [4.78, 5) is 22.9. The molecular formula is C29H28FN3O. The molecule has 4 nitrogen and oxygen atoms in total. The summed E-state index contributed by atoms with van der Waals surface area (Å²) in [6.07, 6.45) is 0. The minimum absolute atomic E-state index is 0.0308. The van der Waals surface area contributed by atoms with Crippen molar-refractivity contribution in [1.82, 2.24) is 9.88 Å². The maximum atomic E-state index is 13.8. The van der Waals surface area contributed by atoms with Crippen molar-refractivity contribution >= 4 is 22.5 Å². The van der Waals surface area contributed by atoms with Gasteiger partial charge in [-0.25, -0.2) is 9.37 Å². The second-order valence-corrected chi connectivity index (χ2v) is 9.10. The zero-order valence-corrected chi connectivity index (χ0v) is 19.8. The number of piperazine rings is 1. The van der Waals surface area contributed by atoms with Gasteiger partial charge < -0.3 is 9.80 Å². The van der Waals surface area contributed by atoms with E-state index in [9.17, 15) is 9.18 Å². The fourth-order valence-corrected chi connectivity index (χ4v) is 4.71. The number of benzene rings is 3. The summed E-state index contributed by atoms with van der Waals surface area (Å²) < 4.78 is 13.3. The molecule has 5 rings (SSSR count). The number of carbonyl (C=O) groups is 1. The summed E-state index contributed by atoms with van der Waals surface area (Å²) in [7, 11) is 0. The van der Waals surface area contributed by atoms with E-state index in [1.165, 1.54) is 12.1 Å². The maximum absolute atomic E-state index is 13.8. The van der Waals surface area contributed by atoms with E-state index >= 15 is 0 Å². The van der Waals surface area contributed by atoms with E-state index in [1.54, 1.807) is 12.1 Å². The molecule has 1 aliphatic heterocycles. The Morgan fingerprint density at radius 2 is 1.59 bits per heavy atom. The van der Waals surface area contributed by atoms with Crippen molar-refractivity contribution in [3.05, 3.63) is 94.8 Å². The normalized spacial score (nSPS) is 14.0. The van der Waals surface area contributed by atoms with E-state index in [1.807, 2.05) is 36.1 Å². The number of nitrogens with zero attached hydrogens (tertiary/aromatic N) is 3. The van der Waals surface area contributed by atoms with Gasteiger partial charge in [0.15, 0.2) is 0 Å². The molecule has 2 heterocycles. The van der Waals surface area contributed by atoms with Crippen LogP contribution < -0.4 is 4.90 Å². The molecule has 0 N–H and O–H groups in total. The average Bonchev–Trinajstić information content (AvgIpc) is 2.85. The number of hydrogen-bond acceptors (Lipinski definition) is 3. The Kier molecular flexibility index (Phi) is 5.78. The standard InChI is InChI=1S/C29H28FN3O/c1-19-7-8-20(2)25(17-19)27-18-26(24-6-4-5-21(3)28(24)31-27)29(34)33-15-13-32(14-16-33)23-11-9-22(30)10-12-23/h4-12,17-18H,13-16H2,1-3H3. The zero-order valence-electron chi connectivity index (χ0n) is 19.8. The van der Waals surface area contributed by atoms with Crippen LogP contribution in [0.5, 0.6) is 0 Å². The van der Waals surface area contributed by atoms with Crippen LogP contribution in [0.25, 0.3) is 22.2 Å². The number of halogens is 1. The van der Waals surface area contributed by atoms with Crippen molar-refractivity contribution in [2.45, 2.75) is 20.8 Å². The minimum Gasteiger partial charge on any atom is -0.368 e. The summed E-state index contributed by atoms with van der Waals surface area (Å²) >= 11 is 0. The third kappa shape index (κ3) is 4.14. The molecule has 0 aliphatic carbocycles. The van der Waals surface area contributed by atoms with Crippen molar-refractivity contribution < 1.29 is 9.18 Å². The van der Waals surface area contributed by atoms with Crippen LogP contribution in [-0.4, -0.2) is 42.0 Å². The number of anilines is 1. The number of rotatable bonds is 3. The summed E-state index contributed by atoms with van der Waals surface area (Å²) in [6, 6.07) is 20.9. The van der Waals surface area contributed by atoms with Gasteiger partial charge in [-0.2, -0.15) is 0 Å². The number of aromatic nitrogens is 1. The molecule has 1 fully saturated rings. The molecular weight excluding hydrogens is 425 g/mol. The van der Waals surface area contributed by atoms with Gasteiger partial charge in [-0.05, 0) is 68.3 Å². The van der Waals surface area contributed by atoms with Gasteiger partial charge >= 0.3 is 0 Å². The lowest BCUT2D eigenvalue weighted by Gasteiger charge is -2.36. The van der Waals surface area contributed by atoms with Gasteiger partial charge in [0.05, 0.1) is 16.8 Å². The molecule has 172 valence electrons. The van der Waals surface area contributed by atoms with Gasteiger partial charge in [-0.15, -0.1) is 0 Å². The van der Waals surface area contributed by atoms with Crippen LogP contribution in [0.1, 0.15) is 27.0 Å². The molecule has 34 heavy (non-hydrogen) atoms. The summed E-state index contributed by atoms with van der Waals surface area (Å²) in [5.74, 6) is -0.208. The topological polar surface area (TPSA) is 36.4 Å². The molecule has 0 saturated carbocycles. The molecule has 4 aromatic rings.